The van der Waals surface area contributed by atoms with Gasteiger partial charge in [0.15, 0.2) is 11.6 Å². The van der Waals surface area contributed by atoms with Gasteiger partial charge in [0.1, 0.15) is 0 Å². The second-order valence-electron chi connectivity index (χ2n) is 5.58. The van der Waals surface area contributed by atoms with Crippen molar-refractivity contribution >= 4 is 5.91 Å². The van der Waals surface area contributed by atoms with E-state index in [1.807, 2.05) is 0 Å². The minimum atomic E-state index is -0.820. The van der Waals surface area contributed by atoms with Gasteiger partial charge < -0.3 is 10.2 Å². The van der Waals surface area contributed by atoms with Gasteiger partial charge in [-0.3, -0.25) is 4.79 Å². The fraction of sp³-hybridized carbons (Fsp3) is 0.533. The van der Waals surface area contributed by atoms with E-state index in [-0.39, 0.29) is 11.9 Å². The molecule has 1 aromatic rings. The van der Waals surface area contributed by atoms with Crippen molar-refractivity contribution < 1.29 is 13.6 Å². The maximum atomic E-state index is 13.2. The number of piperidine rings is 1. The third-order valence-electron chi connectivity index (χ3n) is 3.76. The summed E-state index contributed by atoms with van der Waals surface area (Å²) in [6.45, 7) is 0.776. The van der Waals surface area contributed by atoms with Crippen LogP contribution in [0, 0.1) is 17.6 Å². The van der Waals surface area contributed by atoms with Gasteiger partial charge in [-0.15, -0.1) is 0 Å². The van der Waals surface area contributed by atoms with Gasteiger partial charge in [-0.25, -0.2) is 8.78 Å². The number of amides is 1. The van der Waals surface area contributed by atoms with Crippen molar-refractivity contribution in [2.75, 3.05) is 20.6 Å². The molecule has 1 saturated heterocycles. The fourth-order valence-corrected chi connectivity index (χ4v) is 2.68. The number of nitrogens with one attached hydrogen (secondary N) is 1. The number of rotatable bonds is 3. The van der Waals surface area contributed by atoms with E-state index < -0.39 is 11.6 Å². The van der Waals surface area contributed by atoms with Gasteiger partial charge in [0.05, 0.1) is 6.04 Å². The number of benzene rings is 1. The van der Waals surface area contributed by atoms with E-state index in [2.05, 4.69) is 5.32 Å². The van der Waals surface area contributed by atoms with Crippen molar-refractivity contribution in [1.82, 2.24) is 10.2 Å². The van der Waals surface area contributed by atoms with Crippen LogP contribution in [0.1, 0.15) is 18.4 Å². The first-order valence-electron chi connectivity index (χ1n) is 6.86. The zero-order valence-electron chi connectivity index (χ0n) is 11.8. The van der Waals surface area contributed by atoms with Crippen LogP contribution in [-0.2, 0) is 11.2 Å². The van der Waals surface area contributed by atoms with E-state index in [4.69, 9.17) is 0 Å². The molecule has 0 spiro atoms. The third-order valence-corrected chi connectivity index (χ3v) is 3.76. The number of likely N-dealkylation sites (N-methyl/N-ethyl adjacent to an activating group) is 1. The van der Waals surface area contributed by atoms with E-state index >= 15 is 0 Å². The maximum Gasteiger partial charge on any atom is 0.239 e. The number of hydrogen-bond donors (Lipinski definition) is 1. The second-order valence-corrected chi connectivity index (χ2v) is 5.58. The van der Waals surface area contributed by atoms with Gasteiger partial charge in [0.2, 0.25) is 5.91 Å². The fourth-order valence-electron chi connectivity index (χ4n) is 2.68. The lowest BCUT2D eigenvalue weighted by molar-refractivity contribution is -0.131. The molecule has 1 amide bonds. The summed E-state index contributed by atoms with van der Waals surface area (Å²) in [5, 5.41) is 3.21. The highest BCUT2D eigenvalue weighted by Crippen LogP contribution is 2.22. The molecule has 1 aliphatic heterocycles. The predicted octanol–water partition coefficient (Wildman–Crippen LogP) is 1.96. The van der Waals surface area contributed by atoms with E-state index in [0.29, 0.717) is 12.3 Å². The Morgan fingerprint density at radius 3 is 2.75 bits per heavy atom. The van der Waals surface area contributed by atoms with E-state index in [0.717, 1.165) is 31.0 Å². The minimum absolute atomic E-state index is 0.0694. The quantitative estimate of drug-likeness (QED) is 0.919. The Labute approximate surface area is 118 Å². The molecule has 5 heteroatoms. The Morgan fingerprint density at radius 1 is 1.35 bits per heavy atom. The molecule has 1 N–H and O–H groups in total. The minimum Gasteiger partial charge on any atom is -0.347 e. The molecular formula is C15H20F2N2O. The number of nitrogens with zero attached hydrogens (tertiary/aromatic N) is 1. The van der Waals surface area contributed by atoms with Gasteiger partial charge in [0.25, 0.3) is 0 Å². The van der Waals surface area contributed by atoms with Crippen molar-refractivity contribution in [2.45, 2.75) is 25.3 Å². The van der Waals surface area contributed by atoms with Crippen LogP contribution in [0.25, 0.3) is 0 Å². The lowest BCUT2D eigenvalue weighted by atomic mass is 9.86. The molecule has 2 unspecified atom stereocenters. The molecular weight excluding hydrogens is 262 g/mol. The molecule has 1 aliphatic rings. The molecule has 2 rings (SSSR count). The summed E-state index contributed by atoms with van der Waals surface area (Å²) in [4.78, 5) is 13.5. The highest BCUT2D eigenvalue weighted by atomic mass is 19.2. The maximum absolute atomic E-state index is 13.2. The Balaban J connectivity index is 1.99. The molecule has 1 fully saturated rings. The number of hydrogen-bond acceptors (Lipinski definition) is 2. The average Bonchev–Trinajstić information content (AvgIpc) is 2.42. The summed E-state index contributed by atoms with van der Waals surface area (Å²) in [7, 11) is 3.48. The first kappa shape index (κ1) is 14.9. The summed E-state index contributed by atoms with van der Waals surface area (Å²) < 4.78 is 26.1. The van der Waals surface area contributed by atoms with Crippen LogP contribution in [0.5, 0.6) is 0 Å². The van der Waals surface area contributed by atoms with E-state index in [1.54, 1.807) is 25.1 Å². The Morgan fingerprint density at radius 2 is 2.10 bits per heavy atom. The Hall–Kier alpha value is -1.49. The lowest BCUT2D eigenvalue weighted by Crippen LogP contribution is -2.48. The van der Waals surface area contributed by atoms with Gasteiger partial charge in [-0.1, -0.05) is 6.07 Å². The topological polar surface area (TPSA) is 32.3 Å². The highest BCUT2D eigenvalue weighted by Gasteiger charge is 2.27. The average molecular weight is 282 g/mol. The lowest BCUT2D eigenvalue weighted by Gasteiger charge is -2.31. The standard InChI is InChI=1S/C15H20F2N2O/c1-19(2)15(20)14-9-11(5-6-18-14)7-10-3-4-12(16)13(17)8-10/h3-4,8,11,14,18H,5-7,9H2,1-2H3. The highest BCUT2D eigenvalue weighted by molar-refractivity contribution is 5.81. The molecule has 3 nitrogen and oxygen atoms in total. The molecule has 110 valence electrons. The summed E-state index contributed by atoms with van der Waals surface area (Å²) in [6, 6.07) is 3.85. The smallest absolute Gasteiger partial charge is 0.239 e. The molecule has 2 atom stereocenters. The van der Waals surface area contributed by atoms with E-state index in [1.165, 1.54) is 6.07 Å². The molecule has 0 bridgehead atoms. The SMILES string of the molecule is CN(C)C(=O)C1CC(Cc2ccc(F)c(F)c2)CCN1. The van der Waals surface area contributed by atoms with Gasteiger partial charge >= 0.3 is 0 Å². The van der Waals surface area contributed by atoms with Crippen LogP contribution < -0.4 is 5.32 Å². The molecule has 0 saturated carbocycles. The first-order valence-corrected chi connectivity index (χ1v) is 6.86. The first-order chi connectivity index (χ1) is 9.47. The molecule has 0 aliphatic carbocycles. The molecule has 0 aromatic heterocycles. The zero-order chi connectivity index (χ0) is 14.7. The number of halogens is 2. The largest absolute Gasteiger partial charge is 0.347 e. The van der Waals surface area contributed by atoms with Crippen molar-refractivity contribution in [3.05, 3.63) is 35.4 Å². The second kappa shape index (κ2) is 6.31. The van der Waals surface area contributed by atoms with Crippen LogP contribution >= 0.6 is 0 Å². The van der Waals surface area contributed by atoms with Gasteiger partial charge in [-0.05, 0) is 49.4 Å². The number of carbonyl (C=O) groups is 1. The van der Waals surface area contributed by atoms with Crippen molar-refractivity contribution in [2.24, 2.45) is 5.92 Å². The van der Waals surface area contributed by atoms with Crippen molar-refractivity contribution in [3.8, 4) is 0 Å². The van der Waals surface area contributed by atoms with E-state index in [9.17, 15) is 13.6 Å². The summed E-state index contributed by atoms with van der Waals surface area (Å²) in [6.07, 6.45) is 2.35. The monoisotopic (exact) mass is 282 g/mol. The summed E-state index contributed by atoms with van der Waals surface area (Å²) in [5.41, 5.74) is 0.784. The van der Waals surface area contributed by atoms with Gasteiger partial charge in [-0.2, -0.15) is 0 Å². The predicted molar refractivity (Wildman–Crippen MR) is 73.3 cm³/mol. The van der Waals surface area contributed by atoms with Crippen LogP contribution in [0.3, 0.4) is 0 Å². The number of carbonyl (C=O) groups excluding carboxylic acids is 1. The van der Waals surface area contributed by atoms with Crippen LogP contribution in [0.4, 0.5) is 8.78 Å². The van der Waals surface area contributed by atoms with Crippen molar-refractivity contribution in [3.63, 3.8) is 0 Å². The Bertz CT molecular complexity index is 491. The van der Waals surface area contributed by atoms with Crippen LogP contribution in [-0.4, -0.2) is 37.5 Å². The molecule has 1 heterocycles. The van der Waals surface area contributed by atoms with Crippen LogP contribution in [0.15, 0.2) is 18.2 Å². The summed E-state index contributed by atoms with van der Waals surface area (Å²) >= 11 is 0. The molecule has 0 radical (unpaired) electrons. The van der Waals surface area contributed by atoms with Crippen molar-refractivity contribution in [1.29, 1.82) is 0 Å². The zero-order valence-corrected chi connectivity index (χ0v) is 11.8. The Kier molecular flexibility index (Phi) is 4.70. The molecule has 20 heavy (non-hydrogen) atoms. The third kappa shape index (κ3) is 3.54. The normalized spacial score (nSPS) is 22.6. The summed E-state index contributed by atoms with van der Waals surface area (Å²) in [5.74, 6) is -1.24. The molecule has 1 aromatic carbocycles. The van der Waals surface area contributed by atoms with Gasteiger partial charge in [0, 0.05) is 14.1 Å². The van der Waals surface area contributed by atoms with Crippen LogP contribution in [0.2, 0.25) is 0 Å².